The van der Waals surface area contributed by atoms with E-state index in [0.717, 1.165) is 32.9 Å². The normalized spacial score (nSPS) is 9.51. The molecule has 0 radical (unpaired) electrons. The number of halogens is 1. The van der Waals surface area contributed by atoms with Crippen molar-refractivity contribution >= 4 is 63.6 Å². The maximum absolute atomic E-state index is 11.5. The van der Waals surface area contributed by atoms with Gasteiger partial charge in [-0.05, 0) is 47.5 Å². The number of amides is 2. The van der Waals surface area contributed by atoms with Gasteiger partial charge in [0.05, 0.1) is 42.9 Å². The van der Waals surface area contributed by atoms with Crippen LogP contribution in [0.5, 0.6) is 0 Å². The number of aromatic amines is 1. The Morgan fingerprint density at radius 3 is 1.72 bits per heavy atom. The van der Waals surface area contributed by atoms with Gasteiger partial charge in [-0.2, -0.15) is 10.2 Å². The van der Waals surface area contributed by atoms with Gasteiger partial charge in [0.25, 0.3) is 18.3 Å². The van der Waals surface area contributed by atoms with Crippen LogP contribution in [0.1, 0.15) is 54.2 Å². The van der Waals surface area contributed by atoms with Gasteiger partial charge in [-0.1, -0.05) is 60.7 Å². The SMILES string of the molecule is COC(=O)c1ccc(CCl)cc1.COC(=O)c1ccc(Cn2nc(C(N)=O)c3ccccc32)cc1.NC(=O)c1n[nH]c2ccccc12.O=CO[O-].[H-].[K+].[K+]. The van der Waals surface area contributed by atoms with Crippen molar-refractivity contribution in [3.63, 3.8) is 0 Å². The average Bonchev–Trinajstić information content (AvgIpc) is 3.77. The molecule has 0 unspecified atom stereocenters. The molecule has 0 aliphatic rings. The summed E-state index contributed by atoms with van der Waals surface area (Å²) in [4.78, 5) is 56.0. The third-order valence-electron chi connectivity index (χ3n) is 6.87. The number of para-hydroxylation sites is 2. The molecule has 6 aromatic rings. The van der Waals surface area contributed by atoms with Crippen LogP contribution in [0.4, 0.5) is 0 Å². The van der Waals surface area contributed by atoms with E-state index in [1.165, 1.54) is 14.2 Å². The molecule has 2 amide bonds. The fraction of sp³-hybridized carbons (Fsp3) is 0.114. The summed E-state index contributed by atoms with van der Waals surface area (Å²) >= 11 is 5.58. The van der Waals surface area contributed by atoms with E-state index in [9.17, 15) is 19.2 Å². The second kappa shape index (κ2) is 24.9. The molecule has 4 aromatic carbocycles. The molecule has 6 rings (SSSR count). The van der Waals surface area contributed by atoms with E-state index in [0.29, 0.717) is 29.2 Å². The number of hydrogen-bond acceptors (Lipinski definition) is 11. The maximum atomic E-state index is 11.5. The summed E-state index contributed by atoms with van der Waals surface area (Å²) in [5.41, 5.74) is 15.7. The number of primary amides is 2. The van der Waals surface area contributed by atoms with E-state index in [2.05, 4.69) is 29.7 Å². The Hall–Kier alpha value is -3.31. The van der Waals surface area contributed by atoms with Gasteiger partial charge in [0.2, 0.25) is 0 Å². The molecule has 0 atom stereocenters. The molecule has 15 nitrogen and oxygen atoms in total. The zero-order valence-electron chi connectivity index (χ0n) is 30.3. The van der Waals surface area contributed by atoms with Crippen molar-refractivity contribution in [1.29, 1.82) is 0 Å². The Balaban J connectivity index is 0.000000775. The number of nitrogens with zero attached hydrogens (tertiary/aromatic N) is 3. The van der Waals surface area contributed by atoms with Crippen LogP contribution in [0.25, 0.3) is 21.8 Å². The number of methoxy groups -OCH3 is 2. The number of hydrogen-bond donors (Lipinski definition) is 3. The van der Waals surface area contributed by atoms with Crippen LogP contribution in [0.15, 0.2) is 97.1 Å². The van der Waals surface area contributed by atoms with E-state index >= 15 is 0 Å². The summed E-state index contributed by atoms with van der Waals surface area (Å²) in [6, 6.07) is 28.8. The van der Waals surface area contributed by atoms with E-state index in [1.807, 2.05) is 54.6 Å². The average molecular weight is 795 g/mol. The van der Waals surface area contributed by atoms with Gasteiger partial charge in [0.1, 0.15) is 0 Å². The number of nitrogens with two attached hydrogens (primary N) is 2. The van der Waals surface area contributed by atoms with Gasteiger partial charge in [-0.15, -0.1) is 11.6 Å². The summed E-state index contributed by atoms with van der Waals surface area (Å²) in [5, 5.41) is 20.7. The Morgan fingerprint density at radius 2 is 1.25 bits per heavy atom. The number of alkyl halides is 1. The molecule has 266 valence electrons. The molecule has 2 aromatic heterocycles. The zero-order valence-corrected chi connectivity index (χ0v) is 36.3. The van der Waals surface area contributed by atoms with Gasteiger partial charge in [0, 0.05) is 16.7 Å². The van der Waals surface area contributed by atoms with Crippen LogP contribution in [0, 0.1) is 0 Å². The minimum absolute atomic E-state index is 0. The molecular weight excluding hydrogens is 762 g/mol. The number of H-pyrrole nitrogens is 1. The number of carbonyl (C=O) groups is 5. The molecule has 53 heavy (non-hydrogen) atoms. The van der Waals surface area contributed by atoms with Crippen molar-refractivity contribution in [2.45, 2.75) is 12.4 Å². The summed E-state index contributed by atoms with van der Waals surface area (Å²) < 4.78 is 10.9. The second-order valence-electron chi connectivity index (χ2n) is 10.1. The van der Waals surface area contributed by atoms with Gasteiger partial charge in [0.15, 0.2) is 11.4 Å². The second-order valence-corrected chi connectivity index (χ2v) is 10.3. The van der Waals surface area contributed by atoms with Crippen molar-refractivity contribution in [3.05, 3.63) is 131 Å². The smallest absolute Gasteiger partial charge is 1.00 e. The van der Waals surface area contributed by atoms with Crippen molar-refractivity contribution in [1.82, 2.24) is 20.0 Å². The van der Waals surface area contributed by atoms with E-state index in [-0.39, 0.29) is 128 Å². The largest absolute Gasteiger partial charge is 1.00 e. The third kappa shape index (κ3) is 14.1. The van der Waals surface area contributed by atoms with Crippen LogP contribution in [-0.2, 0) is 31.6 Å². The van der Waals surface area contributed by atoms with Crippen LogP contribution < -0.4 is 119 Å². The van der Waals surface area contributed by atoms with Gasteiger partial charge in [-0.25, -0.2) is 9.59 Å². The van der Waals surface area contributed by atoms with Crippen molar-refractivity contribution < 1.29 is 148 Å². The molecule has 0 aliphatic heterocycles. The van der Waals surface area contributed by atoms with Crippen molar-refractivity contribution in [2.24, 2.45) is 11.5 Å². The van der Waals surface area contributed by atoms with Crippen LogP contribution in [0.3, 0.4) is 0 Å². The first kappa shape index (κ1) is 47.7. The molecule has 2 heterocycles. The first-order valence-corrected chi connectivity index (χ1v) is 15.2. The molecule has 0 saturated heterocycles. The minimum atomic E-state index is -0.555. The number of fused-ring (bicyclic) bond motifs is 2. The first-order valence-electron chi connectivity index (χ1n) is 14.7. The topological polar surface area (TPSA) is 235 Å². The van der Waals surface area contributed by atoms with Gasteiger partial charge >= 0.3 is 115 Å². The van der Waals surface area contributed by atoms with Crippen LogP contribution >= 0.6 is 11.6 Å². The third-order valence-corrected chi connectivity index (χ3v) is 7.18. The Morgan fingerprint density at radius 1 is 0.774 bits per heavy atom. The first-order chi connectivity index (χ1) is 24.6. The summed E-state index contributed by atoms with van der Waals surface area (Å²) in [7, 11) is 2.70. The number of aromatic nitrogens is 4. The molecule has 18 heteroatoms. The fourth-order valence-electron chi connectivity index (χ4n) is 4.47. The van der Waals surface area contributed by atoms with E-state index in [1.54, 1.807) is 47.1 Å². The maximum Gasteiger partial charge on any atom is 1.00 e. The number of rotatable bonds is 8. The predicted molar refractivity (Wildman–Crippen MR) is 185 cm³/mol. The fourth-order valence-corrected chi connectivity index (χ4v) is 4.64. The molecule has 0 fully saturated rings. The van der Waals surface area contributed by atoms with Crippen LogP contribution in [-0.4, -0.2) is 64.4 Å². The van der Waals surface area contributed by atoms with E-state index < -0.39 is 11.8 Å². The summed E-state index contributed by atoms with van der Waals surface area (Å²) in [6.45, 7) is 0.287. The van der Waals surface area contributed by atoms with Gasteiger partial charge < -0.3 is 32.5 Å². The predicted octanol–water partition coefficient (Wildman–Crippen LogP) is -2.60. The number of nitrogens with one attached hydrogen (secondary N) is 1. The Labute approximate surface area is 394 Å². The molecule has 0 spiro atoms. The molecule has 0 bridgehead atoms. The minimum Gasteiger partial charge on any atom is -1.00 e. The number of ether oxygens (including phenoxy) is 2. The van der Waals surface area contributed by atoms with Crippen molar-refractivity contribution in [3.8, 4) is 0 Å². The molecule has 0 aliphatic carbocycles. The van der Waals surface area contributed by atoms with Crippen molar-refractivity contribution in [2.75, 3.05) is 14.2 Å². The van der Waals surface area contributed by atoms with Crippen LogP contribution in [0.2, 0.25) is 0 Å². The number of benzene rings is 4. The zero-order chi connectivity index (χ0) is 37.3. The summed E-state index contributed by atoms with van der Waals surface area (Å²) in [5.74, 6) is -1.30. The van der Waals surface area contributed by atoms with Gasteiger partial charge in [-0.3, -0.25) is 24.2 Å². The standard InChI is InChI=1S/C17H15N3O3.C9H9ClO2.C8H7N3O.CH2O3.2K.H/c1-23-17(22)12-8-6-11(7-9-12)10-20-14-5-3-2-4-13(14)15(19-20)16(18)21;1-12-9(11)8-4-2-7(6-10)3-5-8;9-8(12)7-5-3-1-2-4-6(5)10-11-7;2-1-4-3;;;/h2-9H,10H2,1H3,(H2,18,21);2-5H,6H2,1H3;1-4H,(H2,9,12)(H,10,11);1,3H;;;/q;;;;2*+1;-1/p-1. The number of esters is 2. The van der Waals surface area contributed by atoms with E-state index in [4.69, 9.17) is 33.1 Å². The molecule has 5 N–H and O–H groups in total. The molecule has 0 saturated carbocycles. The summed E-state index contributed by atoms with van der Waals surface area (Å²) in [6.07, 6.45) is 0. The molecular formula is C35H33ClK2N6O9. The Kier molecular flexibility index (Phi) is 22.4. The Bertz CT molecular complexity index is 2110. The number of carbonyl (C=O) groups excluding carboxylic acids is 5. The monoisotopic (exact) mass is 794 g/mol. The quantitative estimate of drug-likeness (QED) is 0.0361.